The topological polar surface area (TPSA) is 42.9 Å². The van der Waals surface area contributed by atoms with Crippen LogP contribution < -0.4 is 10.2 Å². The lowest BCUT2D eigenvalue weighted by atomic mass is 10.1. The molecule has 2 rings (SSSR count). The molecule has 0 saturated carbocycles. The number of aliphatic imine (C=N–C) groups is 1. The van der Waals surface area contributed by atoms with Crippen molar-refractivity contribution in [1.29, 1.82) is 0 Å². The molecule has 0 aromatic heterocycles. The van der Waals surface area contributed by atoms with Crippen LogP contribution >= 0.6 is 23.8 Å². The molecule has 6 heteroatoms. The van der Waals surface area contributed by atoms with Crippen LogP contribution in [0, 0.1) is 6.92 Å². The highest BCUT2D eigenvalue weighted by Gasteiger charge is 2.18. The Morgan fingerprint density at radius 2 is 2.37 bits per heavy atom. The fourth-order valence-electron chi connectivity index (χ4n) is 1.91. The monoisotopic (exact) mass is 296 g/mol. The van der Waals surface area contributed by atoms with Gasteiger partial charge in [0.25, 0.3) is 0 Å². The Morgan fingerprint density at radius 1 is 1.58 bits per heavy atom. The minimum atomic E-state index is -0.147. The van der Waals surface area contributed by atoms with Crippen molar-refractivity contribution >= 4 is 34.7 Å². The molecule has 0 fully saturated rings. The van der Waals surface area contributed by atoms with Gasteiger partial charge in [0.1, 0.15) is 11.9 Å². The maximum absolute atomic E-state index is 6.17. The maximum atomic E-state index is 6.17. The number of thiocarbonyl (C=S) groups is 1. The molecule has 4 nitrogen and oxygen atoms in total. The number of hydrogen-bond acceptors (Lipinski definition) is 5. The average molecular weight is 297 g/mol. The number of ether oxygens (including phenoxy) is 1. The highest BCUT2D eigenvalue weighted by Crippen LogP contribution is 2.32. The molecule has 0 spiro atoms. The summed E-state index contributed by atoms with van der Waals surface area (Å²) in [5, 5.41) is 2.89. The molecule has 0 radical (unpaired) electrons. The molecule has 0 aliphatic carbocycles. The van der Waals surface area contributed by atoms with E-state index in [0.717, 1.165) is 16.8 Å². The van der Waals surface area contributed by atoms with Crippen LogP contribution in [0.15, 0.2) is 23.2 Å². The molecule has 1 heterocycles. The first-order chi connectivity index (χ1) is 9.15. The van der Waals surface area contributed by atoms with Crippen LogP contribution in [-0.4, -0.2) is 24.9 Å². The van der Waals surface area contributed by atoms with E-state index in [2.05, 4.69) is 27.9 Å². The van der Waals surface area contributed by atoms with E-state index in [1.165, 1.54) is 0 Å². The van der Waals surface area contributed by atoms with E-state index in [-0.39, 0.29) is 6.10 Å². The van der Waals surface area contributed by atoms with E-state index in [0.29, 0.717) is 17.3 Å². The van der Waals surface area contributed by atoms with Gasteiger partial charge in [0, 0.05) is 5.56 Å². The number of benzene rings is 1. The van der Waals surface area contributed by atoms with Gasteiger partial charge >= 0.3 is 0 Å². The summed E-state index contributed by atoms with van der Waals surface area (Å²) in [7, 11) is 1.60. The van der Waals surface area contributed by atoms with Crippen LogP contribution in [0.4, 0.5) is 0 Å². The number of aryl methyl sites for hydroxylation is 1. The highest BCUT2D eigenvalue weighted by atomic mass is 35.5. The Morgan fingerprint density at radius 3 is 3.00 bits per heavy atom. The third kappa shape index (κ3) is 3.14. The van der Waals surface area contributed by atoms with E-state index in [9.17, 15) is 0 Å². The van der Waals surface area contributed by atoms with E-state index < -0.39 is 0 Å². The third-order valence-electron chi connectivity index (χ3n) is 2.75. The normalized spacial score (nSPS) is 17.4. The molecular formula is C13H13ClN2O2S. The van der Waals surface area contributed by atoms with Gasteiger partial charge in [-0.15, -0.1) is 0 Å². The van der Waals surface area contributed by atoms with E-state index in [1.54, 1.807) is 7.11 Å². The second kappa shape index (κ2) is 6.17. The summed E-state index contributed by atoms with van der Waals surface area (Å²) in [5.41, 5.74) is 5.63. The molecule has 1 aromatic rings. The Bertz CT molecular complexity index is 545. The van der Waals surface area contributed by atoms with Gasteiger partial charge in [-0.1, -0.05) is 11.6 Å². The molecule has 1 aliphatic heterocycles. The van der Waals surface area contributed by atoms with E-state index in [1.807, 2.05) is 25.1 Å². The summed E-state index contributed by atoms with van der Waals surface area (Å²) < 4.78 is 5.23. The predicted molar refractivity (Wildman–Crippen MR) is 78.6 cm³/mol. The van der Waals surface area contributed by atoms with Crippen molar-refractivity contribution in [3.8, 4) is 5.75 Å². The summed E-state index contributed by atoms with van der Waals surface area (Å²) in [4.78, 5) is 9.21. The second-order valence-electron chi connectivity index (χ2n) is 4.08. The zero-order chi connectivity index (χ0) is 13.8. The number of isothiocyanates is 1. The van der Waals surface area contributed by atoms with Gasteiger partial charge in [0.15, 0.2) is 0 Å². The molecule has 1 aromatic carbocycles. The minimum Gasteiger partial charge on any atom is -0.495 e. The Kier molecular flexibility index (Phi) is 4.56. The van der Waals surface area contributed by atoms with Crippen molar-refractivity contribution in [2.75, 3.05) is 13.7 Å². The number of nitrogens with zero attached hydrogens (tertiary/aromatic N) is 1. The standard InChI is InChI=1S/C13H13ClN2O2S/c1-8-3-9(4-11(14)13(8)17-2)12-5-10(18-16-12)6-15-7-19/h3-5,10,16H,6H2,1-2H3. The van der Waals surface area contributed by atoms with Crippen LogP contribution in [0.3, 0.4) is 0 Å². The third-order valence-corrected chi connectivity index (χ3v) is 3.16. The van der Waals surface area contributed by atoms with E-state index in [4.69, 9.17) is 21.2 Å². The molecule has 19 heavy (non-hydrogen) atoms. The summed E-state index contributed by atoms with van der Waals surface area (Å²) in [6.07, 6.45) is 1.79. The largest absolute Gasteiger partial charge is 0.495 e. The molecule has 0 bridgehead atoms. The molecule has 1 atom stereocenters. The molecule has 1 aliphatic rings. The van der Waals surface area contributed by atoms with Gasteiger partial charge in [0.2, 0.25) is 0 Å². The van der Waals surface area contributed by atoms with Crippen molar-refractivity contribution in [3.05, 3.63) is 34.4 Å². The minimum absolute atomic E-state index is 0.147. The number of methoxy groups -OCH3 is 1. The number of nitrogens with one attached hydrogen (secondary N) is 1. The van der Waals surface area contributed by atoms with Crippen LogP contribution in [0.5, 0.6) is 5.75 Å². The quantitative estimate of drug-likeness (QED) is 0.685. The molecule has 1 N–H and O–H groups in total. The molecule has 0 amide bonds. The van der Waals surface area contributed by atoms with Gasteiger partial charge in [-0.2, -0.15) is 0 Å². The van der Waals surface area contributed by atoms with Crippen LogP contribution in [0.2, 0.25) is 5.02 Å². The fourth-order valence-corrected chi connectivity index (χ4v) is 2.33. The zero-order valence-corrected chi connectivity index (χ0v) is 12.1. The Balaban J connectivity index is 2.26. The number of halogens is 1. The smallest absolute Gasteiger partial charge is 0.140 e. The van der Waals surface area contributed by atoms with Crippen molar-refractivity contribution < 1.29 is 9.57 Å². The lowest BCUT2D eigenvalue weighted by Crippen LogP contribution is -2.14. The Labute approximate surface area is 122 Å². The van der Waals surface area contributed by atoms with Gasteiger partial charge in [0.05, 0.1) is 29.5 Å². The summed E-state index contributed by atoms with van der Waals surface area (Å²) >= 11 is 10.7. The zero-order valence-electron chi connectivity index (χ0n) is 10.6. The summed E-state index contributed by atoms with van der Waals surface area (Å²) in [6.45, 7) is 2.39. The molecule has 0 saturated heterocycles. The predicted octanol–water partition coefficient (Wildman–Crippen LogP) is 3.00. The molecular weight excluding hydrogens is 284 g/mol. The van der Waals surface area contributed by atoms with Crippen molar-refractivity contribution in [2.45, 2.75) is 13.0 Å². The maximum Gasteiger partial charge on any atom is 0.140 e. The van der Waals surface area contributed by atoms with Crippen molar-refractivity contribution in [2.24, 2.45) is 4.99 Å². The first kappa shape index (κ1) is 14.0. The average Bonchev–Trinajstić information content (AvgIpc) is 2.84. The number of hydroxylamine groups is 1. The highest BCUT2D eigenvalue weighted by molar-refractivity contribution is 7.78. The van der Waals surface area contributed by atoms with Gasteiger partial charge in [-0.3, -0.25) is 10.3 Å². The first-order valence-electron chi connectivity index (χ1n) is 5.67. The first-order valence-corrected chi connectivity index (χ1v) is 6.46. The number of rotatable bonds is 4. The second-order valence-corrected chi connectivity index (χ2v) is 4.67. The summed E-state index contributed by atoms with van der Waals surface area (Å²) in [6, 6.07) is 3.82. The number of hydrogen-bond donors (Lipinski definition) is 1. The van der Waals surface area contributed by atoms with Gasteiger partial charge in [-0.25, -0.2) is 4.99 Å². The Hall–Kier alpha value is -1.39. The molecule has 1 unspecified atom stereocenters. The van der Waals surface area contributed by atoms with Crippen molar-refractivity contribution in [3.63, 3.8) is 0 Å². The molecule has 100 valence electrons. The lowest BCUT2D eigenvalue weighted by molar-refractivity contribution is 0.0571. The van der Waals surface area contributed by atoms with Crippen LogP contribution in [0.1, 0.15) is 11.1 Å². The van der Waals surface area contributed by atoms with Gasteiger partial charge in [-0.05, 0) is 42.9 Å². The van der Waals surface area contributed by atoms with Gasteiger partial charge < -0.3 is 4.74 Å². The van der Waals surface area contributed by atoms with Crippen molar-refractivity contribution in [1.82, 2.24) is 5.48 Å². The van der Waals surface area contributed by atoms with Crippen LogP contribution in [0.25, 0.3) is 5.70 Å². The van der Waals surface area contributed by atoms with E-state index >= 15 is 0 Å². The fraction of sp³-hybridized carbons (Fsp3) is 0.308. The lowest BCUT2D eigenvalue weighted by Gasteiger charge is -2.10. The SMILES string of the molecule is COc1c(C)cc(C2=CC(CN=C=S)ON2)cc1Cl. The summed E-state index contributed by atoms with van der Waals surface area (Å²) in [5.74, 6) is 0.687. The van der Waals surface area contributed by atoms with Crippen LogP contribution in [-0.2, 0) is 4.84 Å².